The van der Waals surface area contributed by atoms with E-state index in [1.165, 1.54) is 0 Å². The van der Waals surface area contributed by atoms with Crippen molar-refractivity contribution in [1.29, 1.82) is 0 Å². The standard InChI is InChI=1S/C17H19N3O2/c1-20(11-13-7-9-14(10-8-13)17(18)22)12-16(21)19-15-5-3-2-4-6-15/h2-10H,11-12H2,1H3,(H2,18,22)(H,19,21). The lowest BCUT2D eigenvalue weighted by atomic mass is 10.1. The zero-order chi connectivity index (χ0) is 15.9. The number of nitrogens with zero attached hydrogens (tertiary/aromatic N) is 1. The molecule has 0 unspecified atom stereocenters. The molecule has 5 nitrogen and oxygen atoms in total. The van der Waals surface area contributed by atoms with E-state index in [2.05, 4.69) is 5.32 Å². The predicted molar refractivity (Wildman–Crippen MR) is 86.4 cm³/mol. The van der Waals surface area contributed by atoms with Gasteiger partial charge in [0.1, 0.15) is 0 Å². The Morgan fingerprint density at radius 3 is 2.27 bits per heavy atom. The number of carbonyl (C=O) groups excluding carboxylic acids is 2. The lowest BCUT2D eigenvalue weighted by molar-refractivity contribution is -0.117. The van der Waals surface area contributed by atoms with Gasteiger partial charge in [0.15, 0.2) is 0 Å². The Balaban J connectivity index is 1.85. The van der Waals surface area contributed by atoms with E-state index in [0.717, 1.165) is 11.3 Å². The highest BCUT2D eigenvalue weighted by molar-refractivity contribution is 5.93. The first-order valence-corrected chi connectivity index (χ1v) is 6.97. The molecule has 0 saturated heterocycles. The topological polar surface area (TPSA) is 75.4 Å². The number of likely N-dealkylation sites (N-methyl/N-ethyl adjacent to an activating group) is 1. The van der Waals surface area contributed by atoms with Crippen molar-refractivity contribution < 1.29 is 9.59 Å². The van der Waals surface area contributed by atoms with E-state index >= 15 is 0 Å². The average molecular weight is 297 g/mol. The molecule has 2 rings (SSSR count). The van der Waals surface area contributed by atoms with Crippen molar-refractivity contribution in [2.75, 3.05) is 18.9 Å². The number of primary amides is 1. The number of nitrogens with one attached hydrogen (secondary N) is 1. The first-order chi connectivity index (χ1) is 10.5. The van der Waals surface area contributed by atoms with E-state index < -0.39 is 5.91 Å². The molecule has 0 radical (unpaired) electrons. The maximum atomic E-state index is 11.9. The fourth-order valence-corrected chi connectivity index (χ4v) is 2.11. The van der Waals surface area contributed by atoms with Crippen LogP contribution in [0.15, 0.2) is 54.6 Å². The van der Waals surface area contributed by atoms with Gasteiger partial charge in [-0.15, -0.1) is 0 Å². The zero-order valence-corrected chi connectivity index (χ0v) is 12.5. The van der Waals surface area contributed by atoms with E-state index in [4.69, 9.17) is 5.73 Å². The summed E-state index contributed by atoms with van der Waals surface area (Å²) in [5.41, 5.74) is 7.48. The third-order valence-electron chi connectivity index (χ3n) is 3.16. The van der Waals surface area contributed by atoms with Crippen LogP contribution in [0.1, 0.15) is 15.9 Å². The summed E-state index contributed by atoms with van der Waals surface area (Å²) < 4.78 is 0. The molecule has 0 atom stereocenters. The Hall–Kier alpha value is -2.66. The SMILES string of the molecule is CN(CC(=O)Nc1ccccc1)Cc1ccc(C(N)=O)cc1. The minimum absolute atomic E-state index is 0.0672. The Bertz CT molecular complexity index is 639. The monoisotopic (exact) mass is 297 g/mol. The highest BCUT2D eigenvalue weighted by Gasteiger charge is 2.08. The highest BCUT2D eigenvalue weighted by atomic mass is 16.2. The van der Waals surface area contributed by atoms with Crippen LogP contribution in [0.25, 0.3) is 0 Å². The second kappa shape index (κ2) is 7.38. The molecule has 0 aromatic heterocycles. The summed E-state index contributed by atoms with van der Waals surface area (Å²) >= 11 is 0. The van der Waals surface area contributed by atoms with Crippen LogP contribution in [-0.2, 0) is 11.3 Å². The normalized spacial score (nSPS) is 10.5. The smallest absolute Gasteiger partial charge is 0.248 e. The fraction of sp³-hybridized carbons (Fsp3) is 0.176. The van der Waals surface area contributed by atoms with Gasteiger partial charge in [0.2, 0.25) is 11.8 Å². The van der Waals surface area contributed by atoms with Gasteiger partial charge in [-0.05, 0) is 36.9 Å². The van der Waals surface area contributed by atoms with E-state index in [0.29, 0.717) is 12.1 Å². The van der Waals surface area contributed by atoms with Crippen LogP contribution < -0.4 is 11.1 Å². The van der Waals surface area contributed by atoms with Crippen LogP contribution in [0.2, 0.25) is 0 Å². The number of hydrogen-bond donors (Lipinski definition) is 2. The number of amides is 2. The number of nitrogens with two attached hydrogens (primary N) is 1. The minimum atomic E-state index is -0.442. The predicted octanol–water partition coefficient (Wildman–Crippen LogP) is 1.86. The summed E-state index contributed by atoms with van der Waals surface area (Å²) in [6.45, 7) is 0.897. The van der Waals surface area contributed by atoms with Crippen molar-refractivity contribution in [1.82, 2.24) is 4.90 Å². The molecule has 2 amide bonds. The second-order valence-electron chi connectivity index (χ2n) is 5.15. The first kappa shape index (κ1) is 15.7. The zero-order valence-electron chi connectivity index (χ0n) is 12.5. The number of carbonyl (C=O) groups is 2. The molecular weight excluding hydrogens is 278 g/mol. The molecule has 0 aliphatic heterocycles. The molecule has 0 heterocycles. The van der Waals surface area contributed by atoms with E-state index in [-0.39, 0.29) is 12.5 Å². The van der Waals surface area contributed by atoms with Crippen molar-refractivity contribution >= 4 is 17.5 Å². The van der Waals surface area contributed by atoms with E-state index in [1.54, 1.807) is 12.1 Å². The Morgan fingerprint density at radius 1 is 1.05 bits per heavy atom. The molecule has 22 heavy (non-hydrogen) atoms. The van der Waals surface area contributed by atoms with Gasteiger partial charge >= 0.3 is 0 Å². The first-order valence-electron chi connectivity index (χ1n) is 6.97. The van der Waals surface area contributed by atoms with Crippen LogP contribution in [0.3, 0.4) is 0 Å². The van der Waals surface area contributed by atoms with Crippen LogP contribution in [-0.4, -0.2) is 30.3 Å². The number of benzene rings is 2. The quantitative estimate of drug-likeness (QED) is 0.854. The molecule has 3 N–H and O–H groups in total. The molecule has 0 fully saturated rings. The molecule has 5 heteroatoms. The van der Waals surface area contributed by atoms with Crippen molar-refractivity contribution in [2.45, 2.75) is 6.54 Å². The highest BCUT2D eigenvalue weighted by Crippen LogP contribution is 2.08. The van der Waals surface area contributed by atoms with Crippen LogP contribution in [0.5, 0.6) is 0 Å². The lowest BCUT2D eigenvalue weighted by Crippen LogP contribution is -2.29. The molecule has 114 valence electrons. The number of rotatable bonds is 6. The van der Waals surface area contributed by atoms with Crippen molar-refractivity contribution in [3.05, 3.63) is 65.7 Å². The number of para-hydroxylation sites is 1. The molecule has 0 aliphatic rings. The second-order valence-corrected chi connectivity index (χ2v) is 5.15. The maximum absolute atomic E-state index is 11.9. The molecule has 2 aromatic carbocycles. The summed E-state index contributed by atoms with van der Waals surface area (Å²) in [6, 6.07) is 16.4. The van der Waals surface area contributed by atoms with Gasteiger partial charge in [-0.25, -0.2) is 0 Å². The third-order valence-corrected chi connectivity index (χ3v) is 3.16. The van der Waals surface area contributed by atoms with Gasteiger partial charge in [0, 0.05) is 17.8 Å². The molecule has 2 aromatic rings. The van der Waals surface area contributed by atoms with Crippen molar-refractivity contribution in [3.8, 4) is 0 Å². The maximum Gasteiger partial charge on any atom is 0.248 e. The van der Waals surface area contributed by atoms with Crippen molar-refractivity contribution in [3.63, 3.8) is 0 Å². The molecule has 0 aliphatic carbocycles. The number of anilines is 1. The van der Waals surface area contributed by atoms with Gasteiger partial charge in [0.05, 0.1) is 6.54 Å². The van der Waals surface area contributed by atoms with E-state index in [9.17, 15) is 9.59 Å². The lowest BCUT2D eigenvalue weighted by Gasteiger charge is -2.16. The Labute approximate surface area is 129 Å². The largest absolute Gasteiger partial charge is 0.366 e. The molecule has 0 bridgehead atoms. The number of hydrogen-bond acceptors (Lipinski definition) is 3. The van der Waals surface area contributed by atoms with Gasteiger partial charge in [-0.1, -0.05) is 30.3 Å². The summed E-state index contributed by atoms with van der Waals surface area (Å²) in [4.78, 5) is 24.9. The molecular formula is C17H19N3O2. The Morgan fingerprint density at radius 2 is 1.68 bits per heavy atom. The van der Waals surface area contributed by atoms with Gasteiger partial charge in [0.25, 0.3) is 0 Å². The fourth-order valence-electron chi connectivity index (χ4n) is 2.11. The summed E-state index contributed by atoms with van der Waals surface area (Å²) in [7, 11) is 1.87. The van der Waals surface area contributed by atoms with Gasteiger partial charge < -0.3 is 11.1 Å². The van der Waals surface area contributed by atoms with Crippen molar-refractivity contribution in [2.24, 2.45) is 5.73 Å². The van der Waals surface area contributed by atoms with Gasteiger partial charge in [-0.3, -0.25) is 14.5 Å². The summed E-state index contributed by atoms with van der Waals surface area (Å²) in [6.07, 6.45) is 0. The van der Waals surface area contributed by atoms with Crippen LogP contribution in [0, 0.1) is 0 Å². The van der Waals surface area contributed by atoms with Gasteiger partial charge in [-0.2, -0.15) is 0 Å². The summed E-state index contributed by atoms with van der Waals surface area (Å²) in [5.74, 6) is -0.510. The minimum Gasteiger partial charge on any atom is -0.366 e. The average Bonchev–Trinajstić information content (AvgIpc) is 2.48. The van der Waals surface area contributed by atoms with Crippen LogP contribution >= 0.6 is 0 Å². The van der Waals surface area contributed by atoms with Crippen LogP contribution in [0.4, 0.5) is 5.69 Å². The molecule has 0 saturated carbocycles. The third kappa shape index (κ3) is 4.71. The molecule has 0 spiro atoms. The van der Waals surface area contributed by atoms with E-state index in [1.807, 2.05) is 54.4 Å². The Kier molecular flexibility index (Phi) is 5.27. The summed E-state index contributed by atoms with van der Waals surface area (Å²) in [5, 5.41) is 2.84.